The second kappa shape index (κ2) is 16.9. The number of hydrogen-bond acceptors (Lipinski definition) is 9. The van der Waals surface area contributed by atoms with Gasteiger partial charge in [0, 0.05) is 31.8 Å². The van der Waals surface area contributed by atoms with Gasteiger partial charge in [-0.3, -0.25) is 23.2 Å². The summed E-state index contributed by atoms with van der Waals surface area (Å²) in [4.78, 5) is 22.1. The number of nitrogens with one attached hydrogen (secondary N) is 2. The first-order valence-electron chi connectivity index (χ1n) is 9.58. The molecule has 0 aliphatic carbocycles. The zero-order chi connectivity index (χ0) is 22.8. The molecule has 0 aliphatic rings. The maximum atomic E-state index is 12.6. The van der Waals surface area contributed by atoms with Gasteiger partial charge < -0.3 is 20.5 Å². The van der Waals surface area contributed by atoms with E-state index >= 15 is 0 Å². The summed E-state index contributed by atoms with van der Waals surface area (Å²) in [6.45, 7) is 3.27. The van der Waals surface area contributed by atoms with Crippen LogP contribution in [0.1, 0.15) is 39.5 Å². The Labute approximate surface area is 177 Å². The molecule has 3 atom stereocenters. The summed E-state index contributed by atoms with van der Waals surface area (Å²) in [7, 11) is -2.48. The van der Waals surface area contributed by atoms with Gasteiger partial charge in [-0.05, 0) is 13.3 Å². The predicted octanol–water partition coefficient (Wildman–Crippen LogP) is 1.39. The van der Waals surface area contributed by atoms with E-state index in [1.165, 1.54) is 20.2 Å². The van der Waals surface area contributed by atoms with Crippen LogP contribution in [0.5, 0.6) is 0 Å². The Morgan fingerprint density at radius 3 is 2.60 bits per heavy atom. The molecule has 3 N–H and O–H groups in total. The van der Waals surface area contributed by atoms with Gasteiger partial charge in [0.2, 0.25) is 12.3 Å². The zero-order valence-electron chi connectivity index (χ0n) is 17.7. The molecule has 0 bridgehead atoms. The quantitative estimate of drug-likeness (QED) is 0.122. The number of phosphoric ester groups is 1. The van der Waals surface area contributed by atoms with Crippen molar-refractivity contribution < 1.29 is 37.6 Å². The number of aliphatic hydroxyl groups excluding tert-OH is 1. The topological polar surface area (TPSA) is 156 Å². The molecular weight excluding hydrogens is 417 g/mol. The van der Waals surface area contributed by atoms with Gasteiger partial charge in [-0.15, -0.1) is 0 Å². The summed E-state index contributed by atoms with van der Waals surface area (Å²) in [5, 5.41) is 23.7. The fraction of sp³-hybridized carbons (Fsp3) is 0.722. The number of nitrogens with zero attached hydrogens (tertiary/aromatic N) is 1. The lowest BCUT2D eigenvalue weighted by molar-refractivity contribution is -0.118. The first-order chi connectivity index (χ1) is 14.3. The number of nitriles is 1. The lowest BCUT2D eigenvalue weighted by Crippen LogP contribution is -2.36. The van der Waals surface area contributed by atoms with Crippen LogP contribution in [0.4, 0.5) is 0 Å². The Morgan fingerprint density at radius 2 is 2.00 bits per heavy atom. The van der Waals surface area contributed by atoms with Gasteiger partial charge >= 0.3 is 7.82 Å². The minimum absolute atomic E-state index is 0.0225. The fourth-order valence-electron chi connectivity index (χ4n) is 2.02. The van der Waals surface area contributed by atoms with E-state index in [2.05, 4.69) is 10.6 Å². The number of phosphoric acid groups is 1. The van der Waals surface area contributed by atoms with Gasteiger partial charge in [-0.25, -0.2) is 4.57 Å². The molecule has 0 saturated carbocycles. The number of ether oxygens (including phenoxy) is 1. The van der Waals surface area contributed by atoms with Crippen molar-refractivity contribution in [1.29, 1.82) is 5.26 Å². The van der Waals surface area contributed by atoms with Crippen LogP contribution in [-0.4, -0.2) is 63.1 Å². The van der Waals surface area contributed by atoms with Gasteiger partial charge in [0.05, 0.1) is 44.5 Å². The molecule has 0 saturated heterocycles. The molecule has 172 valence electrons. The molecule has 0 spiro atoms. The van der Waals surface area contributed by atoms with E-state index in [4.69, 9.17) is 23.6 Å². The molecule has 11 nitrogen and oxygen atoms in total. The number of rotatable bonds is 18. The van der Waals surface area contributed by atoms with Gasteiger partial charge in [0.15, 0.2) is 0 Å². The molecular formula is C18H32N3O8P. The number of aliphatic hydroxyl groups is 1. The number of hydrogen-bond donors (Lipinski definition) is 3. The molecule has 0 heterocycles. The van der Waals surface area contributed by atoms with Gasteiger partial charge in [-0.2, -0.15) is 5.26 Å². The second-order valence-electron chi connectivity index (χ2n) is 6.24. The lowest BCUT2D eigenvalue weighted by atomic mass is 10.1. The molecule has 0 aromatic heterocycles. The minimum atomic E-state index is -3.90. The van der Waals surface area contributed by atoms with Crippen LogP contribution < -0.4 is 10.6 Å². The lowest BCUT2D eigenvalue weighted by Gasteiger charge is -2.22. The van der Waals surface area contributed by atoms with E-state index in [0.29, 0.717) is 18.4 Å². The average molecular weight is 449 g/mol. The van der Waals surface area contributed by atoms with Gasteiger partial charge in [-0.1, -0.05) is 13.3 Å². The first-order valence-corrected chi connectivity index (χ1v) is 11.0. The van der Waals surface area contributed by atoms with Crippen LogP contribution in [-0.2, 0) is 32.5 Å². The fourth-order valence-corrected chi connectivity index (χ4v) is 3.26. The highest BCUT2D eigenvalue weighted by molar-refractivity contribution is 7.48. The van der Waals surface area contributed by atoms with Crippen molar-refractivity contribution >= 4 is 20.1 Å². The summed E-state index contributed by atoms with van der Waals surface area (Å²) in [5.41, 5.74) is 0.292. The molecule has 0 aliphatic heterocycles. The maximum Gasteiger partial charge on any atom is 0.474 e. The predicted molar refractivity (Wildman–Crippen MR) is 108 cm³/mol. The zero-order valence-corrected chi connectivity index (χ0v) is 18.6. The summed E-state index contributed by atoms with van der Waals surface area (Å²) < 4.78 is 33.3. The monoisotopic (exact) mass is 449 g/mol. The van der Waals surface area contributed by atoms with Crippen molar-refractivity contribution in [3.05, 3.63) is 11.8 Å². The second-order valence-corrected chi connectivity index (χ2v) is 7.91. The summed E-state index contributed by atoms with van der Waals surface area (Å²) in [5.74, 6) is -0.406. The molecule has 0 aromatic carbocycles. The molecule has 30 heavy (non-hydrogen) atoms. The van der Waals surface area contributed by atoms with Crippen molar-refractivity contribution in [2.75, 3.05) is 33.5 Å². The Kier molecular flexibility index (Phi) is 15.9. The average Bonchev–Trinajstić information content (AvgIpc) is 2.73. The SMILES string of the molecule is CCCCOP(=O)(OCCC#N)OCC(O)CC(CNC(=O)/C(C)=C\NC=O)OC. The van der Waals surface area contributed by atoms with Gasteiger partial charge in [0.25, 0.3) is 0 Å². The molecule has 12 heteroatoms. The maximum absolute atomic E-state index is 12.6. The number of methoxy groups -OCH3 is 1. The largest absolute Gasteiger partial charge is 0.474 e. The van der Waals surface area contributed by atoms with Crippen LogP contribution in [0.15, 0.2) is 11.8 Å². The Balaban J connectivity index is 4.59. The van der Waals surface area contributed by atoms with Crippen LogP contribution in [0, 0.1) is 11.3 Å². The number of carbonyl (C=O) groups is 2. The normalized spacial score (nSPS) is 15.5. The summed E-state index contributed by atoms with van der Waals surface area (Å²) >= 11 is 0. The van der Waals surface area contributed by atoms with Crippen molar-refractivity contribution in [3.8, 4) is 6.07 Å². The minimum Gasteiger partial charge on any atom is -0.391 e. The van der Waals surface area contributed by atoms with Crippen molar-refractivity contribution in [2.45, 2.75) is 51.7 Å². The number of carbonyl (C=O) groups excluding carboxylic acids is 2. The van der Waals surface area contributed by atoms with Crippen molar-refractivity contribution in [3.63, 3.8) is 0 Å². The first kappa shape index (κ1) is 28.2. The Morgan fingerprint density at radius 1 is 1.30 bits per heavy atom. The van der Waals surface area contributed by atoms with Crippen LogP contribution >= 0.6 is 7.82 Å². The van der Waals surface area contributed by atoms with Crippen molar-refractivity contribution in [2.24, 2.45) is 0 Å². The summed E-state index contributed by atoms with van der Waals surface area (Å²) in [6, 6.07) is 1.87. The van der Waals surface area contributed by atoms with Crippen LogP contribution in [0.2, 0.25) is 0 Å². The van der Waals surface area contributed by atoms with E-state index in [9.17, 15) is 19.3 Å². The molecule has 0 fully saturated rings. The molecule has 3 unspecified atom stereocenters. The highest BCUT2D eigenvalue weighted by Gasteiger charge is 2.28. The van der Waals surface area contributed by atoms with E-state index in [0.717, 1.165) is 6.42 Å². The molecule has 0 rings (SSSR count). The molecule has 0 radical (unpaired) electrons. The highest BCUT2D eigenvalue weighted by Crippen LogP contribution is 2.49. The van der Waals surface area contributed by atoms with Crippen LogP contribution in [0.3, 0.4) is 0 Å². The number of unbranched alkanes of at least 4 members (excludes halogenated alkanes) is 1. The van der Waals surface area contributed by atoms with Crippen LogP contribution in [0.25, 0.3) is 0 Å². The third kappa shape index (κ3) is 13.4. The van der Waals surface area contributed by atoms with E-state index in [1.807, 2.05) is 13.0 Å². The van der Waals surface area contributed by atoms with E-state index in [-0.39, 0.29) is 39.2 Å². The highest BCUT2D eigenvalue weighted by atomic mass is 31.2. The van der Waals surface area contributed by atoms with Crippen molar-refractivity contribution in [1.82, 2.24) is 10.6 Å². The Bertz CT molecular complexity index is 623. The van der Waals surface area contributed by atoms with E-state index in [1.54, 1.807) is 0 Å². The third-order valence-corrected chi connectivity index (χ3v) is 5.18. The smallest absolute Gasteiger partial charge is 0.391 e. The standard InChI is InChI=1S/C18H32N3O8P/c1-4-5-8-27-30(25,28-9-6-7-19)29-13-16(23)10-17(26-3)12-21-18(24)15(2)11-20-14-22/h11,14,16-17,23H,4-6,8-10,12-13H2,1-3H3,(H,20,22)(H,21,24)/b15-11-. The third-order valence-electron chi connectivity index (χ3n) is 3.72. The molecule has 0 aromatic rings. The number of amides is 2. The Hall–Kier alpha value is -1.80. The summed E-state index contributed by atoms with van der Waals surface area (Å²) in [6.07, 6.45) is 1.67. The molecule has 2 amide bonds. The van der Waals surface area contributed by atoms with Gasteiger partial charge in [0.1, 0.15) is 0 Å². The van der Waals surface area contributed by atoms with E-state index < -0.39 is 25.9 Å².